The molecule has 0 aliphatic rings. The molecule has 0 saturated heterocycles. The van der Waals surface area contributed by atoms with Crippen molar-refractivity contribution in [2.24, 2.45) is 0 Å². The summed E-state index contributed by atoms with van der Waals surface area (Å²) in [6.07, 6.45) is 15.4. The average Bonchev–Trinajstić information content (AvgIpc) is 3.26. The van der Waals surface area contributed by atoms with Crippen molar-refractivity contribution in [2.45, 2.75) is 48.5 Å². The molecule has 4 rings (SSSR count). The fourth-order valence-corrected chi connectivity index (χ4v) is 6.78. The molecule has 0 N–H and O–H groups in total. The van der Waals surface area contributed by atoms with Gasteiger partial charge in [-0.15, -0.1) is 11.3 Å². The van der Waals surface area contributed by atoms with Gasteiger partial charge in [0.15, 0.2) is 0 Å². The number of benzene rings is 3. The number of thiophene rings is 1. The van der Waals surface area contributed by atoms with E-state index in [4.69, 9.17) is 0 Å². The highest BCUT2D eigenvalue weighted by Gasteiger charge is 2.15. The largest absolute Gasteiger partial charge is 0.135 e. The number of hydrogen-bond acceptors (Lipinski definition) is 1. The van der Waals surface area contributed by atoms with E-state index in [1.54, 1.807) is 0 Å². The summed E-state index contributed by atoms with van der Waals surface area (Å²) in [5.41, 5.74) is 11.3. The van der Waals surface area contributed by atoms with Crippen molar-refractivity contribution in [2.75, 3.05) is 0 Å². The first-order valence-corrected chi connectivity index (χ1v) is 14.2. The first-order valence-electron chi connectivity index (χ1n) is 13.3. The molecule has 0 amide bonds. The molecule has 192 valence electrons. The quantitative estimate of drug-likeness (QED) is 0.215. The summed E-state index contributed by atoms with van der Waals surface area (Å²) >= 11 is 1.88. The molecule has 0 atom stereocenters. The molecular formula is C37H38S. The Labute approximate surface area is 232 Å². The highest BCUT2D eigenvalue weighted by atomic mass is 32.1. The van der Waals surface area contributed by atoms with Crippen molar-refractivity contribution in [3.8, 4) is 0 Å². The predicted octanol–water partition coefficient (Wildman–Crippen LogP) is 11.6. The maximum Gasteiger partial charge on any atom is 0.0383 e. The number of rotatable bonds is 7. The maximum atomic E-state index is 4.22. The normalized spacial score (nSPS) is 13.8. The van der Waals surface area contributed by atoms with Crippen molar-refractivity contribution in [3.63, 3.8) is 0 Å². The Morgan fingerprint density at radius 2 is 1.34 bits per heavy atom. The van der Waals surface area contributed by atoms with Crippen LogP contribution >= 0.6 is 11.3 Å². The molecule has 1 aromatic heterocycles. The Kier molecular flexibility index (Phi) is 8.49. The number of hydrogen-bond donors (Lipinski definition) is 0. The van der Waals surface area contributed by atoms with Crippen LogP contribution in [0.4, 0.5) is 0 Å². The Morgan fingerprint density at radius 3 is 1.89 bits per heavy atom. The average molecular weight is 515 g/mol. The Morgan fingerprint density at radius 1 is 0.737 bits per heavy atom. The second-order valence-electron chi connectivity index (χ2n) is 9.75. The van der Waals surface area contributed by atoms with Gasteiger partial charge in [-0.3, -0.25) is 0 Å². The van der Waals surface area contributed by atoms with Gasteiger partial charge < -0.3 is 0 Å². The zero-order chi connectivity index (χ0) is 27.4. The van der Waals surface area contributed by atoms with Crippen LogP contribution in [0.5, 0.6) is 0 Å². The van der Waals surface area contributed by atoms with Gasteiger partial charge in [-0.2, -0.15) is 0 Å². The first kappa shape index (κ1) is 27.4. The van der Waals surface area contributed by atoms with E-state index in [9.17, 15) is 0 Å². The van der Waals surface area contributed by atoms with E-state index < -0.39 is 0 Å². The molecule has 0 spiro atoms. The summed E-state index contributed by atoms with van der Waals surface area (Å²) < 4.78 is 1.34. The van der Waals surface area contributed by atoms with Gasteiger partial charge in [-0.1, -0.05) is 85.5 Å². The van der Waals surface area contributed by atoms with Gasteiger partial charge in [0.2, 0.25) is 0 Å². The maximum absolute atomic E-state index is 4.22. The highest BCUT2D eigenvalue weighted by molar-refractivity contribution is 7.20. The van der Waals surface area contributed by atoms with E-state index in [0.29, 0.717) is 0 Å². The highest BCUT2D eigenvalue weighted by Crippen LogP contribution is 2.39. The summed E-state index contributed by atoms with van der Waals surface area (Å²) in [6.45, 7) is 19.5. The summed E-state index contributed by atoms with van der Waals surface area (Å²) in [5, 5.41) is 3.96. The lowest BCUT2D eigenvalue weighted by Gasteiger charge is -2.17. The van der Waals surface area contributed by atoms with Crippen molar-refractivity contribution in [3.05, 3.63) is 135 Å². The Hall–Kier alpha value is -3.68. The van der Waals surface area contributed by atoms with E-state index in [1.165, 1.54) is 70.3 Å². The molecule has 1 heterocycles. The van der Waals surface area contributed by atoms with E-state index >= 15 is 0 Å². The molecule has 3 aromatic carbocycles. The Bertz CT molecular complexity index is 1680. The van der Waals surface area contributed by atoms with E-state index in [0.717, 1.165) is 5.57 Å². The first-order chi connectivity index (χ1) is 18.4. The third-order valence-corrected chi connectivity index (χ3v) is 8.81. The smallest absolute Gasteiger partial charge is 0.0383 e. The molecule has 0 bridgehead atoms. The molecule has 38 heavy (non-hydrogen) atoms. The van der Waals surface area contributed by atoms with Gasteiger partial charge in [-0.25, -0.2) is 0 Å². The fraction of sp³-hybridized carbons (Fsp3) is 0.189. The molecule has 0 nitrogen and oxygen atoms in total. The fourth-order valence-electron chi connectivity index (χ4n) is 5.43. The minimum absolute atomic E-state index is 1.12. The van der Waals surface area contributed by atoms with Crippen LogP contribution in [-0.2, 0) is 0 Å². The van der Waals surface area contributed by atoms with Gasteiger partial charge >= 0.3 is 0 Å². The van der Waals surface area contributed by atoms with Crippen molar-refractivity contribution >= 4 is 49.9 Å². The standard InChI is InChI=1S/C37H38S/c1-9-17-31-25(6)32-18-13-14-19-33(32)26(7)35(31)23-29(11-3)28(10-2)22-24(5)30(12-4)37-27(8)34-20-15-16-21-36(34)38-37/h9-23H,3H2,1-2,4-8H3/b17-9-,24-22+,28-10+,29-23+,30-12-. The monoisotopic (exact) mass is 514 g/mol. The number of allylic oxidation sites excluding steroid dienone is 9. The number of fused-ring (bicyclic) bond motifs is 2. The SMILES string of the molecule is C=CC(=C\c1c(/C=C\C)c(C)c2ccccc2c1C)/C(/C=C(C)/C(=C/C)c1sc2ccccc2c1C)=C/C. The molecule has 0 radical (unpaired) electrons. The molecular weight excluding hydrogens is 476 g/mol. The van der Waals surface area contributed by atoms with E-state index in [2.05, 4.69) is 140 Å². The molecule has 0 aliphatic carbocycles. The molecule has 0 saturated carbocycles. The second-order valence-corrected chi connectivity index (χ2v) is 10.8. The molecule has 1 heteroatoms. The minimum atomic E-state index is 1.12. The lowest BCUT2D eigenvalue weighted by molar-refractivity contribution is 1.39. The summed E-state index contributed by atoms with van der Waals surface area (Å²) in [6, 6.07) is 17.4. The van der Waals surface area contributed by atoms with Crippen LogP contribution in [0.15, 0.2) is 102 Å². The number of aryl methyl sites for hydroxylation is 3. The van der Waals surface area contributed by atoms with Gasteiger partial charge in [0.1, 0.15) is 0 Å². The topological polar surface area (TPSA) is 0 Å². The second kappa shape index (κ2) is 11.8. The van der Waals surface area contributed by atoms with Crippen molar-refractivity contribution in [1.29, 1.82) is 0 Å². The lowest BCUT2D eigenvalue weighted by atomic mass is 9.88. The van der Waals surface area contributed by atoms with Crippen LogP contribution in [0, 0.1) is 20.8 Å². The zero-order valence-electron chi connectivity index (χ0n) is 23.8. The van der Waals surface area contributed by atoms with Gasteiger partial charge in [-0.05, 0) is 127 Å². The molecule has 0 fully saturated rings. The summed E-state index contributed by atoms with van der Waals surface area (Å²) in [7, 11) is 0. The van der Waals surface area contributed by atoms with Crippen LogP contribution in [0.25, 0.3) is 38.6 Å². The molecule has 0 unspecified atom stereocenters. The predicted molar refractivity (Wildman–Crippen MR) is 174 cm³/mol. The van der Waals surface area contributed by atoms with Crippen LogP contribution in [-0.4, -0.2) is 0 Å². The summed E-state index contributed by atoms with van der Waals surface area (Å²) in [4.78, 5) is 1.35. The zero-order valence-corrected chi connectivity index (χ0v) is 24.6. The van der Waals surface area contributed by atoms with Gasteiger partial charge in [0.25, 0.3) is 0 Å². The third kappa shape index (κ3) is 5.04. The van der Waals surface area contributed by atoms with Crippen molar-refractivity contribution < 1.29 is 0 Å². The summed E-state index contributed by atoms with van der Waals surface area (Å²) in [5.74, 6) is 0. The molecule has 4 aromatic rings. The van der Waals surface area contributed by atoms with Gasteiger partial charge in [0.05, 0.1) is 0 Å². The van der Waals surface area contributed by atoms with Gasteiger partial charge in [0, 0.05) is 9.58 Å². The van der Waals surface area contributed by atoms with Crippen molar-refractivity contribution in [1.82, 2.24) is 0 Å². The lowest BCUT2D eigenvalue weighted by Crippen LogP contribution is -1.96. The van der Waals surface area contributed by atoms with Crippen LogP contribution in [0.3, 0.4) is 0 Å². The Balaban J connectivity index is 1.84. The van der Waals surface area contributed by atoms with E-state index in [-0.39, 0.29) is 0 Å². The third-order valence-electron chi connectivity index (χ3n) is 7.50. The molecule has 0 aliphatic heterocycles. The minimum Gasteiger partial charge on any atom is -0.135 e. The van der Waals surface area contributed by atoms with Crippen LogP contribution in [0.1, 0.15) is 60.4 Å². The van der Waals surface area contributed by atoms with E-state index in [1.807, 2.05) is 17.4 Å². The van der Waals surface area contributed by atoms with Crippen LogP contribution in [0.2, 0.25) is 0 Å². The van der Waals surface area contributed by atoms with Crippen LogP contribution < -0.4 is 0 Å².